The van der Waals surface area contributed by atoms with Gasteiger partial charge in [-0.25, -0.2) is 8.42 Å². The topological polar surface area (TPSA) is 122 Å². The highest BCUT2D eigenvalue weighted by Crippen LogP contribution is 2.18. The molecule has 3 N–H and O–H groups in total. The Bertz CT molecular complexity index is 578. The van der Waals surface area contributed by atoms with Crippen LogP contribution in [0.1, 0.15) is 17.8 Å². The third-order valence-electron chi connectivity index (χ3n) is 2.72. The van der Waals surface area contributed by atoms with Crippen LogP contribution in [0.15, 0.2) is 4.90 Å². The molecule has 0 aromatic carbocycles. The monoisotopic (exact) mass is 291 g/mol. The molecule has 0 spiro atoms. The molecule has 0 saturated carbocycles. The Hall–Kier alpha value is -1.45. The number of aliphatic hydroxyl groups is 1. The van der Waals surface area contributed by atoms with E-state index in [4.69, 9.17) is 10.2 Å². The largest absolute Gasteiger partial charge is 0.480 e. The van der Waals surface area contributed by atoms with Crippen LogP contribution in [0, 0.1) is 13.8 Å². The molecule has 0 aliphatic rings. The van der Waals surface area contributed by atoms with Gasteiger partial charge in [0.1, 0.15) is 10.9 Å². The van der Waals surface area contributed by atoms with E-state index in [0.717, 1.165) is 0 Å². The molecule has 9 heteroatoms. The SMILES string of the molecule is Cc1nn(C)c(C)c1S(=O)(=O)N[C@@H](CCO)C(=O)O. The number of carboxylic acids is 1. The van der Waals surface area contributed by atoms with E-state index in [1.165, 1.54) is 11.6 Å². The highest BCUT2D eigenvalue weighted by Gasteiger charge is 2.29. The van der Waals surface area contributed by atoms with E-state index in [9.17, 15) is 13.2 Å². The number of aliphatic carboxylic acids is 1. The lowest BCUT2D eigenvalue weighted by Gasteiger charge is -2.13. The number of carboxylic acid groups (broad SMARTS) is 1. The molecule has 1 aromatic heterocycles. The minimum Gasteiger partial charge on any atom is -0.480 e. The van der Waals surface area contributed by atoms with Crippen LogP contribution in [-0.2, 0) is 21.9 Å². The first-order valence-corrected chi connectivity index (χ1v) is 7.05. The second-order valence-electron chi connectivity index (χ2n) is 4.15. The number of rotatable bonds is 6. The zero-order chi connectivity index (χ0) is 14.8. The van der Waals surface area contributed by atoms with Crippen molar-refractivity contribution in [1.82, 2.24) is 14.5 Å². The van der Waals surface area contributed by atoms with Gasteiger partial charge in [0.15, 0.2) is 0 Å². The minimum absolute atomic E-state index is 0.0285. The first-order chi connectivity index (χ1) is 8.70. The van der Waals surface area contributed by atoms with Crippen molar-refractivity contribution >= 4 is 16.0 Å². The second-order valence-corrected chi connectivity index (χ2v) is 5.80. The van der Waals surface area contributed by atoms with Crippen LogP contribution in [-0.4, -0.2) is 47.0 Å². The average molecular weight is 291 g/mol. The predicted octanol–water partition coefficient (Wildman–Crippen LogP) is -0.849. The number of hydrogen-bond acceptors (Lipinski definition) is 5. The molecular formula is C10H17N3O5S. The third-order valence-corrected chi connectivity index (χ3v) is 4.45. The standard InChI is InChI=1S/C10H17N3O5S/c1-6-9(7(2)13(3)11-6)19(17,18)12-8(4-5-14)10(15)16/h8,12,14H,4-5H2,1-3H3,(H,15,16)/t8-/m0/s1. The first-order valence-electron chi connectivity index (χ1n) is 5.57. The molecule has 0 unspecified atom stereocenters. The van der Waals surface area contributed by atoms with Crippen molar-refractivity contribution in [3.05, 3.63) is 11.4 Å². The van der Waals surface area contributed by atoms with Crippen molar-refractivity contribution in [3.63, 3.8) is 0 Å². The molecule has 0 fully saturated rings. The van der Waals surface area contributed by atoms with Gasteiger partial charge in [0.05, 0.1) is 11.4 Å². The zero-order valence-corrected chi connectivity index (χ0v) is 11.7. The van der Waals surface area contributed by atoms with Gasteiger partial charge >= 0.3 is 5.97 Å². The highest BCUT2D eigenvalue weighted by atomic mass is 32.2. The van der Waals surface area contributed by atoms with Gasteiger partial charge in [-0.3, -0.25) is 9.48 Å². The summed E-state index contributed by atoms with van der Waals surface area (Å²) < 4.78 is 27.8. The van der Waals surface area contributed by atoms with Crippen LogP contribution >= 0.6 is 0 Å². The van der Waals surface area contributed by atoms with Gasteiger partial charge in [0.25, 0.3) is 0 Å². The fraction of sp³-hybridized carbons (Fsp3) is 0.600. The lowest BCUT2D eigenvalue weighted by Crippen LogP contribution is -2.41. The van der Waals surface area contributed by atoms with Crippen molar-refractivity contribution in [3.8, 4) is 0 Å². The molecule has 0 bridgehead atoms. The summed E-state index contributed by atoms with van der Waals surface area (Å²) in [7, 11) is -2.39. The number of carbonyl (C=O) groups is 1. The van der Waals surface area contributed by atoms with E-state index in [-0.39, 0.29) is 11.3 Å². The van der Waals surface area contributed by atoms with Crippen molar-refractivity contribution in [1.29, 1.82) is 0 Å². The van der Waals surface area contributed by atoms with E-state index in [1.54, 1.807) is 14.0 Å². The van der Waals surface area contributed by atoms with Crippen molar-refractivity contribution in [2.45, 2.75) is 31.2 Å². The number of nitrogens with one attached hydrogen (secondary N) is 1. The Morgan fingerprint density at radius 2 is 2.05 bits per heavy atom. The molecule has 0 aliphatic heterocycles. The van der Waals surface area contributed by atoms with E-state index in [2.05, 4.69) is 9.82 Å². The van der Waals surface area contributed by atoms with Crippen molar-refractivity contribution in [2.24, 2.45) is 7.05 Å². The molecule has 8 nitrogen and oxygen atoms in total. The summed E-state index contributed by atoms with van der Waals surface area (Å²) in [5, 5.41) is 21.6. The number of aromatic nitrogens is 2. The summed E-state index contributed by atoms with van der Waals surface area (Å²) in [6.45, 7) is 2.68. The number of sulfonamides is 1. The molecule has 1 rings (SSSR count). The molecular weight excluding hydrogens is 274 g/mol. The first kappa shape index (κ1) is 15.6. The summed E-state index contributed by atoms with van der Waals surface area (Å²) >= 11 is 0. The van der Waals surface area contributed by atoms with Crippen LogP contribution in [0.2, 0.25) is 0 Å². The molecule has 0 radical (unpaired) electrons. The second kappa shape index (κ2) is 5.68. The van der Waals surface area contributed by atoms with E-state index in [1.807, 2.05) is 0 Å². The Kier molecular flexibility index (Phi) is 4.66. The minimum atomic E-state index is -3.99. The Morgan fingerprint density at radius 1 is 1.47 bits per heavy atom. The number of nitrogens with zero attached hydrogens (tertiary/aromatic N) is 2. The van der Waals surface area contributed by atoms with Crippen LogP contribution < -0.4 is 4.72 Å². The van der Waals surface area contributed by atoms with Crippen LogP contribution in [0.25, 0.3) is 0 Å². The molecule has 1 atom stereocenters. The lowest BCUT2D eigenvalue weighted by atomic mass is 10.2. The fourth-order valence-corrected chi connectivity index (χ4v) is 3.41. The van der Waals surface area contributed by atoms with Crippen molar-refractivity contribution in [2.75, 3.05) is 6.61 Å². The molecule has 108 valence electrons. The van der Waals surface area contributed by atoms with E-state index >= 15 is 0 Å². The van der Waals surface area contributed by atoms with Gasteiger partial charge in [0, 0.05) is 13.7 Å². The lowest BCUT2D eigenvalue weighted by molar-refractivity contribution is -0.139. The molecule has 1 aromatic rings. The molecule has 0 amide bonds. The normalized spacial score (nSPS) is 13.5. The Labute approximate surface area is 111 Å². The average Bonchev–Trinajstić information content (AvgIpc) is 2.52. The van der Waals surface area contributed by atoms with Gasteiger partial charge in [-0.15, -0.1) is 0 Å². The van der Waals surface area contributed by atoms with Gasteiger partial charge in [-0.1, -0.05) is 0 Å². The van der Waals surface area contributed by atoms with Gasteiger partial charge in [-0.2, -0.15) is 9.82 Å². The van der Waals surface area contributed by atoms with Gasteiger partial charge in [0.2, 0.25) is 10.0 Å². The molecule has 19 heavy (non-hydrogen) atoms. The van der Waals surface area contributed by atoms with Crippen LogP contribution in [0.5, 0.6) is 0 Å². The summed E-state index contributed by atoms with van der Waals surface area (Å²) in [4.78, 5) is 10.9. The predicted molar refractivity (Wildman–Crippen MR) is 66.1 cm³/mol. The van der Waals surface area contributed by atoms with Gasteiger partial charge in [-0.05, 0) is 20.3 Å². The maximum absolute atomic E-state index is 12.2. The Morgan fingerprint density at radius 3 is 2.42 bits per heavy atom. The maximum Gasteiger partial charge on any atom is 0.321 e. The highest BCUT2D eigenvalue weighted by molar-refractivity contribution is 7.89. The summed E-state index contributed by atoms with van der Waals surface area (Å²) in [5.74, 6) is -1.34. The van der Waals surface area contributed by atoms with Crippen LogP contribution in [0.3, 0.4) is 0 Å². The zero-order valence-electron chi connectivity index (χ0n) is 10.9. The van der Waals surface area contributed by atoms with E-state index < -0.39 is 28.6 Å². The quantitative estimate of drug-likeness (QED) is 0.627. The maximum atomic E-state index is 12.2. The summed E-state index contributed by atoms with van der Waals surface area (Å²) in [5.41, 5.74) is 0.707. The van der Waals surface area contributed by atoms with Gasteiger partial charge < -0.3 is 10.2 Å². The number of aryl methyl sites for hydroxylation is 2. The Balaban J connectivity index is 3.14. The fourth-order valence-electron chi connectivity index (χ4n) is 1.75. The molecule has 0 saturated heterocycles. The summed E-state index contributed by atoms with van der Waals surface area (Å²) in [6, 6.07) is -1.37. The summed E-state index contributed by atoms with van der Waals surface area (Å²) in [6.07, 6.45) is -0.201. The van der Waals surface area contributed by atoms with Crippen LogP contribution in [0.4, 0.5) is 0 Å². The third kappa shape index (κ3) is 3.31. The number of aliphatic hydroxyl groups excluding tert-OH is 1. The van der Waals surface area contributed by atoms with Crippen molar-refractivity contribution < 1.29 is 23.4 Å². The van der Waals surface area contributed by atoms with E-state index in [0.29, 0.717) is 11.4 Å². The molecule has 1 heterocycles. The molecule has 0 aliphatic carbocycles. The smallest absolute Gasteiger partial charge is 0.321 e. The number of hydrogen-bond donors (Lipinski definition) is 3.